The molecule has 1 unspecified atom stereocenters. The van der Waals surface area contributed by atoms with Crippen molar-refractivity contribution in [2.45, 2.75) is 39.7 Å². The summed E-state index contributed by atoms with van der Waals surface area (Å²) in [4.78, 5) is 11.4. The topological polar surface area (TPSA) is 41.1 Å². The third kappa shape index (κ3) is 3.67. The van der Waals surface area contributed by atoms with Gasteiger partial charge in [-0.05, 0) is 32.2 Å². The highest BCUT2D eigenvalue weighted by atomic mass is 15.1. The number of nitrogens with one attached hydrogen (secondary N) is 1. The number of anilines is 1. The lowest BCUT2D eigenvalue weighted by Crippen LogP contribution is -2.34. The molecule has 1 aliphatic heterocycles. The molecule has 0 aliphatic carbocycles. The lowest BCUT2D eigenvalue weighted by Gasteiger charge is -2.31. The third-order valence-corrected chi connectivity index (χ3v) is 3.63. The van der Waals surface area contributed by atoms with Crippen molar-refractivity contribution in [3.05, 3.63) is 18.1 Å². The van der Waals surface area contributed by atoms with E-state index < -0.39 is 0 Å². The number of piperidine rings is 1. The summed E-state index contributed by atoms with van der Waals surface area (Å²) in [6.45, 7) is 8.60. The number of rotatable bonds is 5. The Morgan fingerprint density at radius 3 is 2.89 bits per heavy atom. The lowest BCUT2D eigenvalue weighted by atomic mass is 9.95. The first-order valence-electron chi connectivity index (χ1n) is 7.09. The van der Waals surface area contributed by atoms with Gasteiger partial charge in [0, 0.05) is 19.6 Å². The van der Waals surface area contributed by atoms with Crippen LogP contribution in [0.2, 0.25) is 0 Å². The zero-order chi connectivity index (χ0) is 12.8. The Labute approximate surface area is 110 Å². The van der Waals surface area contributed by atoms with E-state index in [-0.39, 0.29) is 0 Å². The molecule has 0 saturated carbocycles. The predicted octanol–water partition coefficient (Wildman–Crippen LogP) is 2.53. The Morgan fingerprint density at radius 2 is 2.22 bits per heavy atom. The average Bonchev–Trinajstić information content (AvgIpc) is 2.42. The van der Waals surface area contributed by atoms with E-state index in [1.165, 1.54) is 32.4 Å². The zero-order valence-electron chi connectivity index (χ0n) is 11.5. The molecule has 4 nitrogen and oxygen atoms in total. The molecule has 1 aromatic heterocycles. The predicted molar refractivity (Wildman–Crippen MR) is 74.5 cm³/mol. The largest absolute Gasteiger partial charge is 0.369 e. The fraction of sp³-hybridized carbons (Fsp3) is 0.714. The monoisotopic (exact) mass is 248 g/mol. The fourth-order valence-corrected chi connectivity index (χ4v) is 2.57. The van der Waals surface area contributed by atoms with Gasteiger partial charge in [-0.3, -0.25) is 9.88 Å². The van der Waals surface area contributed by atoms with Crippen LogP contribution in [-0.4, -0.2) is 34.5 Å². The molecule has 1 aromatic rings. The molecule has 2 rings (SSSR count). The maximum absolute atomic E-state index is 4.48. The van der Waals surface area contributed by atoms with Crippen molar-refractivity contribution in [3.8, 4) is 0 Å². The molecule has 1 saturated heterocycles. The Kier molecular flexibility index (Phi) is 4.93. The van der Waals surface area contributed by atoms with Crippen LogP contribution in [0.1, 0.15) is 38.8 Å². The highest BCUT2D eigenvalue weighted by Gasteiger charge is 2.18. The smallest absolute Gasteiger partial charge is 0.144 e. The van der Waals surface area contributed by atoms with Gasteiger partial charge in [0.25, 0.3) is 0 Å². The van der Waals surface area contributed by atoms with Crippen molar-refractivity contribution in [2.24, 2.45) is 5.92 Å². The second kappa shape index (κ2) is 6.69. The number of hydrogen-bond donors (Lipinski definition) is 1. The first-order valence-corrected chi connectivity index (χ1v) is 7.09. The standard InChI is InChI=1S/C14H24N4/c1-3-12-6-5-7-18(10-12)11-13-8-17-14(9-16-13)15-4-2/h8-9,12H,3-7,10-11H2,1-2H3,(H,15,17). The van der Waals surface area contributed by atoms with Gasteiger partial charge >= 0.3 is 0 Å². The van der Waals surface area contributed by atoms with E-state index in [9.17, 15) is 0 Å². The quantitative estimate of drug-likeness (QED) is 0.869. The highest BCUT2D eigenvalue weighted by Crippen LogP contribution is 2.20. The summed E-state index contributed by atoms with van der Waals surface area (Å²) in [6, 6.07) is 0. The Morgan fingerprint density at radius 1 is 1.33 bits per heavy atom. The van der Waals surface area contributed by atoms with Crippen LogP contribution in [0.25, 0.3) is 0 Å². The van der Waals surface area contributed by atoms with Gasteiger partial charge in [-0.25, -0.2) is 4.98 Å². The van der Waals surface area contributed by atoms with Crippen LogP contribution in [-0.2, 0) is 6.54 Å². The zero-order valence-corrected chi connectivity index (χ0v) is 11.5. The molecular weight excluding hydrogens is 224 g/mol. The average molecular weight is 248 g/mol. The molecule has 0 bridgehead atoms. The number of likely N-dealkylation sites (tertiary alicyclic amines) is 1. The van der Waals surface area contributed by atoms with Crippen molar-refractivity contribution in [1.82, 2.24) is 14.9 Å². The number of nitrogens with zero attached hydrogens (tertiary/aromatic N) is 3. The van der Waals surface area contributed by atoms with Crippen molar-refractivity contribution >= 4 is 5.82 Å². The maximum atomic E-state index is 4.48. The van der Waals surface area contributed by atoms with Crippen LogP contribution >= 0.6 is 0 Å². The number of aromatic nitrogens is 2. The molecule has 0 aromatic carbocycles. The molecule has 1 aliphatic rings. The normalized spacial score (nSPS) is 20.9. The van der Waals surface area contributed by atoms with Gasteiger partial charge < -0.3 is 5.32 Å². The fourth-order valence-electron chi connectivity index (χ4n) is 2.57. The van der Waals surface area contributed by atoms with E-state index in [2.05, 4.69) is 34.0 Å². The van der Waals surface area contributed by atoms with Gasteiger partial charge in [-0.2, -0.15) is 0 Å². The van der Waals surface area contributed by atoms with Crippen molar-refractivity contribution in [1.29, 1.82) is 0 Å². The molecule has 0 spiro atoms. The van der Waals surface area contributed by atoms with Gasteiger partial charge in [0.1, 0.15) is 5.82 Å². The van der Waals surface area contributed by atoms with Gasteiger partial charge in [-0.15, -0.1) is 0 Å². The summed E-state index contributed by atoms with van der Waals surface area (Å²) in [5.41, 5.74) is 1.08. The molecule has 1 atom stereocenters. The van der Waals surface area contributed by atoms with E-state index >= 15 is 0 Å². The SMILES string of the molecule is CCNc1cnc(CN2CCCC(CC)C2)cn1. The summed E-state index contributed by atoms with van der Waals surface area (Å²) < 4.78 is 0. The van der Waals surface area contributed by atoms with Crippen LogP contribution in [0, 0.1) is 5.92 Å². The lowest BCUT2D eigenvalue weighted by molar-refractivity contribution is 0.163. The molecule has 18 heavy (non-hydrogen) atoms. The maximum Gasteiger partial charge on any atom is 0.144 e. The van der Waals surface area contributed by atoms with Crippen LogP contribution in [0.3, 0.4) is 0 Å². The Hall–Kier alpha value is -1.16. The second-order valence-electron chi connectivity index (χ2n) is 5.07. The van der Waals surface area contributed by atoms with E-state index in [1.807, 2.05) is 12.4 Å². The first-order chi connectivity index (χ1) is 8.81. The molecule has 100 valence electrons. The summed E-state index contributed by atoms with van der Waals surface area (Å²) >= 11 is 0. The Bertz CT molecular complexity index is 349. The van der Waals surface area contributed by atoms with Crippen molar-refractivity contribution in [3.63, 3.8) is 0 Å². The van der Waals surface area contributed by atoms with Crippen LogP contribution in [0.4, 0.5) is 5.82 Å². The van der Waals surface area contributed by atoms with Crippen LogP contribution in [0.5, 0.6) is 0 Å². The molecule has 1 N–H and O–H groups in total. The van der Waals surface area contributed by atoms with Gasteiger partial charge in [0.15, 0.2) is 0 Å². The van der Waals surface area contributed by atoms with Crippen molar-refractivity contribution < 1.29 is 0 Å². The molecular formula is C14H24N4. The van der Waals surface area contributed by atoms with Crippen LogP contribution in [0.15, 0.2) is 12.4 Å². The van der Waals surface area contributed by atoms with Gasteiger partial charge in [0.2, 0.25) is 0 Å². The summed E-state index contributed by atoms with van der Waals surface area (Å²) in [5, 5.41) is 3.17. The minimum Gasteiger partial charge on any atom is -0.369 e. The van der Waals surface area contributed by atoms with Gasteiger partial charge in [-0.1, -0.05) is 13.3 Å². The minimum absolute atomic E-state index is 0.867. The molecule has 0 amide bonds. The van der Waals surface area contributed by atoms with E-state index in [0.717, 1.165) is 30.5 Å². The van der Waals surface area contributed by atoms with Crippen molar-refractivity contribution in [2.75, 3.05) is 25.0 Å². The molecule has 1 fully saturated rings. The van der Waals surface area contributed by atoms with E-state index in [1.54, 1.807) is 0 Å². The molecule has 4 heteroatoms. The summed E-state index contributed by atoms with van der Waals surface area (Å²) in [6.07, 6.45) is 7.73. The number of hydrogen-bond acceptors (Lipinski definition) is 4. The molecule has 0 radical (unpaired) electrons. The highest BCUT2D eigenvalue weighted by molar-refractivity contribution is 5.30. The van der Waals surface area contributed by atoms with Gasteiger partial charge in [0.05, 0.1) is 18.1 Å². The molecule has 2 heterocycles. The minimum atomic E-state index is 0.867. The summed E-state index contributed by atoms with van der Waals surface area (Å²) in [7, 11) is 0. The van der Waals surface area contributed by atoms with Crippen LogP contribution < -0.4 is 5.32 Å². The second-order valence-corrected chi connectivity index (χ2v) is 5.07. The van der Waals surface area contributed by atoms with E-state index in [0.29, 0.717) is 0 Å². The third-order valence-electron chi connectivity index (χ3n) is 3.63. The first kappa shape index (κ1) is 13.3. The Balaban J connectivity index is 1.88. The summed E-state index contributed by atoms with van der Waals surface area (Å²) in [5.74, 6) is 1.74. The van der Waals surface area contributed by atoms with E-state index in [4.69, 9.17) is 0 Å².